The van der Waals surface area contributed by atoms with Crippen molar-refractivity contribution in [2.75, 3.05) is 5.73 Å². The maximum absolute atomic E-state index is 9.67. The summed E-state index contributed by atoms with van der Waals surface area (Å²) in [6, 6.07) is 6.98. The molecule has 0 amide bonds. The number of anilines is 1. The predicted octanol–water partition coefficient (Wildman–Crippen LogP) is 1.74. The molecule has 0 bridgehead atoms. The van der Waals surface area contributed by atoms with E-state index in [1.54, 1.807) is 18.2 Å². The lowest BCUT2D eigenvalue weighted by Crippen LogP contribution is -1.97. The normalized spacial score (nSPS) is 10.2. The average Bonchev–Trinajstić information content (AvgIpc) is 2.23. The second-order valence-electron chi connectivity index (χ2n) is 3.29. The van der Waals surface area contributed by atoms with Gasteiger partial charge in [0.05, 0.1) is 11.9 Å². The van der Waals surface area contributed by atoms with E-state index in [-0.39, 0.29) is 5.75 Å². The van der Waals surface area contributed by atoms with Crippen molar-refractivity contribution in [1.82, 2.24) is 10.2 Å². The van der Waals surface area contributed by atoms with Crippen LogP contribution in [0, 0.1) is 6.92 Å². The van der Waals surface area contributed by atoms with Crippen LogP contribution < -0.4 is 5.73 Å². The van der Waals surface area contributed by atoms with Crippen LogP contribution in [0.2, 0.25) is 0 Å². The van der Waals surface area contributed by atoms with E-state index in [2.05, 4.69) is 10.2 Å². The summed E-state index contributed by atoms with van der Waals surface area (Å²) in [6.45, 7) is 1.85. The zero-order valence-electron chi connectivity index (χ0n) is 8.31. The highest BCUT2D eigenvalue weighted by Crippen LogP contribution is 2.30. The van der Waals surface area contributed by atoms with Crippen molar-refractivity contribution in [3.63, 3.8) is 0 Å². The lowest BCUT2D eigenvalue weighted by Gasteiger charge is -2.07. The van der Waals surface area contributed by atoms with Gasteiger partial charge >= 0.3 is 0 Å². The number of phenols is 1. The molecule has 2 aromatic rings. The predicted molar refractivity (Wildman–Crippen MR) is 58.3 cm³/mol. The van der Waals surface area contributed by atoms with Crippen LogP contribution in [0.4, 0.5) is 5.69 Å². The average molecular weight is 201 g/mol. The van der Waals surface area contributed by atoms with E-state index in [9.17, 15) is 5.11 Å². The van der Waals surface area contributed by atoms with Gasteiger partial charge in [-0.2, -0.15) is 5.10 Å². The minimum Gasteiger partial charge on any atom is -0.507 e. The third kappa shape index (κ3) is 1.61. The summed E-state index contributed by atoms with van der Waals surface area (Å²) in [5, 5.41) is 17.4. The zero-order chi connectivity index (χ0) is 10.8. The number of phenolic OH excluding ortho intramolecular Hbond substituents is 1. The van der Waals surface area contributed by atoms with Crippen LogP contribution in [-0.4, -0.2) is 15.3 Å². The number of rotatable bonds is 1. The van der Waals surface area contributed by atoms with E-state index in [0.29, 0.717) is 16.9 Å². The molecule has 15 heavy (non-hydrogen) atoms. The molecular formula is C11H11N3O. The van der Waals surface area contributed by atoms with Crippen LogP contribution in [-0.2, 0) is 0 Å². The number of aromatic nitrogens is 2. The fourth-order valence-corrected chi connectivity index (χ4v) is 1.39. The molecule has 0 unspecified atom stereocenters. The van der Waals surface area contributed by atoms with Crippen molar-refractivity contribution in [1.29, 1.82) is 0 Å². The molecule has 1 aromatic carbocycles. The van der Waals surface area contributed by atoms with Gasteiger partial charge in [0.1, 0.15) is 11.4 Å². The number of benzene rings is 1. The molecule has 0 aliphatic carbocycles. The molecular weight excluding hydrogens is 190 g/mol. The molecule has 0 saturated carbocycles. The van der Waals surface area contributed by atoms with Gasteiger partial charge in [-0.3, -0.25) is 0 Å². The van der Waals surface area contributed by atoms with E-state index in [1.807, 2.05) is 13.0 Å². The monoisotopic (exact) mass is 201 g/mol. The van der Waals surface area contributed by atoms with Crippen molar-refractivity contribution in [3.8, 4) is 17.0 Å². The number of nitrogens with two attached hydrogens (primary N) is 1. The number of hydrogen-bond donors (Lipinski definition) is 2. The van der Waals surface area contributed by atoms with Crippen molar-refractivity contribution in [3.05, 3.63) is 36.0 Å². The Hall–Kier alpha value is -2.10. The van der Waals surface area contributed by atoms with Gasteiger partial charge in [-0.25, -0.2) is 0 Å². The molecule has 4 heteroatoms. The number of hydrogen-bond acceptors (Lipinski definition) is 4. The molecule has 3 N–H and O–H groups in total. The van der Waals surface area contributed by atoms with Crippen LogP contribution in [0.25, 0.3) is 11.3 Å². The molecule has 0 spiro atoms. The van der Waals surface area contributed by atoms with Gasteiger partial charge in [0.15, 0.2) is 0 Å². The van der Waals surface area contributed by atoms with Crippen LogP contribution in [0.1, 0.15) is 5.56 Å². The number of nitrogens with zero attached hydrogens (tertiary/aromatic N) is 2. The van der Waals surface area contributed by atoms with Crippen molar-refractivity contribution >= 4 is 5.69 Å². The van der Waals surface area contributed by atoms with E-state index >= 15 is 0 Å². The minimum atomic E-state index is 0.181. The van der Waals surface area contributed by atoms with Gasteiger partial charge in [0, 0.05) is 11.1 Å². The highest BCUT2D eigenvalue weighted by molar-refractivity contribution is 5.72. The SMILES string of the molecule is Cc1c(N)cnnc1-c1ccccc1O. The third-order valence-electron chi connectivity index (χ3n) is 2.30. The van der Waals surface area contributed by atoms with Crippen molar-refractivity contribution in [2.24, 2.45) is 0 Å². The van der Waals surface area contributed by atoms with Gasteiger partial charge in [0.2, 0.25) is 0 Å². The highest BCUT2D eigenvalue weighted by Gasteiger charge is 2.09. The summed E-state index contributed by atoms with van der Waals surface area (Å²) in [6.07, 6.45) is 1.50. The second kappa shape index (κ2) is 3.57. The van der Waals surface area contributed by atoms with E-state index in [0.717, 1.165) is 5.56 Å². The summed E-state index contributed by atoms with van der Waals surface area (Å²) < 4.78 is 0. The summed E-state index contributed by atoms with van der Waals surface area (Å²) >= 11 is 0. The molecule has 0 fully saturated rings. The Balaban J connectivity index is 2.65. The Labute approximate surface area is 87.4 Å². The van der Waals surface area contributed by atoms with Gasteiger partial charge < -0.3 is 10.8 Å². The maximum atomic E-state index is 9.67. The lowest BCUT2D eigenvalue weighted by molar-refractivity contribution is 0.477. The Kier molecular flexibility index (Phi) is 2.25. The van der Waals surface area contributed by atoms with Crippen LogP contribution in [0.15, 0.2) is 30.5 Å². The smallest absolute Gasteiger partial charge is 0.125 e. The quantitative estimate of drug-likeness (QED) is 0.737. The second-order valence-corrected chi connectivity index (χ2v) is 3.29. The van der Waals surface area contributed by atoms with Crippen LogP contribution >= 0.6 is 0 Å². The van der Waals surface area contributed by atoms with Gasteiger partial charge in [0.25, 0.3) is 0 Å². The third-order valence-corrected chi connectivity index (χ3v) is 2.30. The number of nitrogen functional groups attached to an aromatic ring is 1. The van der Waals surface area contributed by atoms with Crippen molar-refractivity contribution in [2.45, 2.75) is 6.92 Å². The Morgan fingerprint density at radius 3 is 2.73 bits per heavy atom. The van der Waals surface area contributed by atoms with Gasteiger partial charge in [-0.15, -0.1) is 5.10 Å². The molecule has 2 rings (SSSR count). The molecule has 76 valence electrons. The summed E-state index contributed by atoms with van der Waals surface area (Å²) in [5.41, 5.74) is 8.39. The summed E-state index contributed by atoms with van der Waals surface area (Å²) in [4.78, 5) is 0. The molecule has 0 aliphatic rings. The largest absolute Gasteiger partial charge is 0.507 e. The molecule has 4 nitrogen and oxygen atoms in total. The number of para-hydroxylation sites is 1. The van der Waals surface area contributed by atoms with Crippen LogP contribution in [0.3, 0.4) is 0 Å². The maximum Gasteiger partial charge on any atom is 0.125 e. The van der Waals surface area contributed by atoms with Crippen molar-refractivity contribution < 1.29 is 5.11 Å². The molecule has 1 heterocycles. The summed E-state index contributed by atoms with van der Waals surface area (Å²) in [7, 11) is 0. The molecule has 0 aliphatic heterocycles. The van der Waals surface area contributed by atoms with E-state index in [1.165, 1.54) is 6.20 Å². The van der Waals surface area contributed by atoms with E-state index in [4.69, 9.17) is 5.73 Å². The first-order chi connectivity index (χ1) is 7.20. The lowest BCUT2D eigenvalue weighted by atomic mass is 10.1. The fraction of sp³-hybridized carbons (Fsp3) is 0.0909. The summed E-state index contributed by atoms with van der Waals surface area (Å²) in [5.74, 6) is 0.181. The fourth-order valence-electron chi connectivity index (χ4n) is 1.39. The first-order valence-corrected chi connectivity index (χ1v) is 4.56. The number of aromatic hydroxyl groups is 1. The van der Waals surface area contributed by atoms with Gasteiger partial charge in [-0.05, 0) is 19.1 Å². The standard InChI is InChI=1S/C11H11N3O/c1-7-9(12)6-13-14-11(7)8-4-2-3-5-10(8)15/h2-6,15H,1H3,(H2,12,14). The topological polar surface area (TPSA) is 72.0 Å². The van der Waals surface area contributed by atoms with Gasteiger partial charge in [-0.1, -0.05) is 12.1 Å². The molecule has 0 atom stereocenters. The van der Waals surface area contributed by atoms with Crippen LogP contribution in [0.5, 0.6) is 5.75 Å². The minimum absolute atomic E-state index is 0.181. The first kappa shape index (κ1) is 9.45. The Morgan fingerprint density at radius 2 is 2.00 bits per heavy atom. The zero-order valence-corrected chi connectivity index (χ0v) is 8.31. The highest BCUT2D eigenvalue weighted by atomic mass is 16.3. The molecule has 0 saturated heterocycles. The molecule has 1 aromatic heterocycles. The Morgan fingerprint density at radius 1 is 1.27 bits per heavy atom. The van der Waals surface area contributed by atoms with E-state index < -0.39 is 0 Å². The molecule has 0 radical (unpaired) electrons. The first-order valence-electron chi connectivity index (χ1n) is 4.56. The Bertz CT molecular complexity index is 497.